The van der Waals surface area contributed by atoms with Gasteiger partial charge in [-0.3, -0.25) is 0 Å². The first kappa shape index (κ1) is 13.2. The van der Waals surface area contributed by atoms with Gasteiger partial charge in [-0.05, 0) is 18.4 Å². The minimum absolute atomic E-state index is 0.00871. The number of fused-ring (bicyclic) bond motifs is 1. The van der Waals surface area contributed by atoms with Gasteiger partial charge >= 0.3 is 12.0 Å². The molecule has 0 N–H and O–H groups in total. The maximum Gasteiger partial charge on any atom is 0.399 e. The van der Waals surface area contributed by atoms with Gasteiger partial charge in [0.15, 0.2) is 5.69 Å². The third-order valence-corrected chi connectivity index (χ3v) is 2.91. The average Bonchev–Trinajstić information content (AvgIpc) is 2.97. The third kappa shape index (κ3) is 2.72. The van der Waals surface area contributed by atoms with Crippen LogP contribution in [-0.2, 0) is 4.74 Å². The molecule has 0 spiro atoms. The number of aromatic nitrogens is 1. The van der Waals surface area contributed by atoms with Crippen molar-refractivity contribution in [2.24, 2.45) is 0 Å². The van der Waals surface area contributed by atoms with Crippen LogP contribution in [0.25, 0.3) is 10.8 Å². The van der Waals surface area contributed by atoms with E-state index in [0.717, 1.165) is 10.8 Å². The highest BCUT2D eigenvalue weighted by molar-refractivity contribution is 5.88. The third-order valence-electron chi connectivity index (χ3n) is 2.91. The molecule has 106 valence electrons. The first-order valence-corrected chi connectivity index (χ1v) is 6.56. The Morgan fingerprint density at radius 3 is 2.86 bits per heavy atom. The number of hydrogen-bond donors (Lipinski definition) is 0. The van der Waals surface area contributed by atoms with Crippen molar-refractivity contribution in [3.05, 3.63) is 54.4 Å². The maximum atomic E-state index is 11.5. The smallest absolute Gasteiger partial charge is 0.399 e. The molecule has 3 aromatic rings. The quantitative estimate of drug-likeness (QED) is 0.681. The van der Waals surface area contributed by atoms with Crippen molar-refractivity contribution in [3.63, 3.8) is 0 Å². The van der Waals surface area contributed by atoms with Crippen LogP contribution in [0, 0.1) is 0 Å². The van der Waals surface area contributed by atoms with E-state index in [-0.39, 0.29) is 18.4 Å². The van der Waals surface area contributed by atoms with Crippen LogP contribution in [0.4, 0.5) is 0 Å². The predicted molar refractivity (Wildman–Crippen MR) is 76.5 cm³/mol. The predicted octanol–water partition coefficient (Wildman–Crippen LogP) is 3.80. The number of nitrogens with zero attached hydrogens (tertiary/aromatic N) is 1. The lowest BCUT2D eigenvalue weighted by Gasteiger charge is -2.04. The fourth-order valence-corrected chi connectivity index (χ4v) is 1.98. The van der Waals surface area contributed by atoms with Gasteiger partial charge in [-0.25, -0.2) is 4.79 Å². The number of rotatable bonds is 4. The highest BCUT2D eigenvalue weighted by Crippen LogP contribution is 2.29. The Kier molecular flexibility index (Phi) is 3.55. The van der Waals surface area contributed by atoms with Gasteiger partial charge < -0.3 is 13.9 Å². The first-order valence-electron chi connectivity index (χ1n) is 6.56. The minimum atomic E-state index is -0.533. The van der Waals surface area contributed by atoms with Gasteiger partial charge in [0.1, 0.15) is 12.0 Å². The van der Waals surface area contributed by atoms with Gasteiger partial charge in [0.25, 0.3) is 0 Å². The number of ether oxygens (including phenoxy) is 2. The SMILES string of the molecule is CCOC(=O)c1coc(Oc2cccc3ccccc23)n1. The highest BCUT2D eigenvalue weighted by atomic mass is 16.6. The summed E-state index contributed by atoms with van der Waals surface area (Å²) in [5.74, 6) is 0.0828. The molecular weight excluding hydrogens is 270 g/mol. The summed E-state index contributed by atoms with van der Waals surface area (Å²) in [6.45, 7) is 2.01. The molecule has 0 aliphatic heterocycles. The molecule has 0 aliphatic carbocycles. The molecule has 0 amide bonds. The Morgan fingerprint density at radius 2 is 2.00 bits per heavy atom. The van der Waals surface area contributed by atoms with E-state index >= 15 is 0 Å². The van der Waals surface area contributed by atoms with Crippen LogP contribution in [-0.4, -0.2) is 17.6 Å². The fourth-order valence-electron chi connectivity index (χ4n) is 1.98. The van der Waals surface area contributed by atoms with Crippen molar-refractivity contribution < 1.29 is 18.7 Å². The van der Waals surface area contributed by atoms with Crippen LogP contribution in [0.5, 0.6) is 11.8 Å². The van der Waals surface area contributed by atoms with Crippen LogP contribution in [0.15, 0.2) is 53.1 Å². The van der Waals surface area contributed by atoms with E-state index in [4.69, 9.17) is 13.9 Å². The van der Waals surface area contributed by atoms with E-state index in [1.54, 1.807) is 6.92 Å². The molecule has 5 heteroatoms. The number of esters is 1. The van der Waals surface area contributed by atoms with Crippen molar-refractivity contribution in [1.29, 1.82) is 0 Å². The molecule has 1 aromatic heterocycles. The van der Waals surface area contributed by atoms with Gasteiger partial charge in [-0.15, -0.1) is 0 Å². The second-order valence-electron chi connectivity index (χ2n) is 4.30. The van der Waals surface area contributed by atoms with E-state index < -0.39 is 5.97 Å². The Balaban J connectivity index is 1.87. The molecule has 21 heavy (non-hydrogen) atoms. The molecule has 0 atom stereocenters. The van der Waals surface area contributed by atoms with Crippen LogP contribution in [0.1, 0.15) is 17.4 Å². The standard InChI is InChI=1S/C16H13NO4/c1-2-19-15(18)13-10-20-16(17-13)21-14-9-5-7-11-6-3-4-8-12(11)14/h3-10H,2H2,1H3. The summed E-state index contributed by atoms with van der Waals surface area (Å²) in [6.07, 6.45) is 1.23. The number of carbonyl (C=O) groups is 1. The minimum Gasteiger partial charge on any atom is -0.461 e. The summed E-state index contributed by atoms with van der Waals surface area (Å²) in [5, 5.41) is 1.99. The fraction of sp³-hybridized carbons (Fsp3) is 0.125. The Labute approximate surface area is 121 Å². The van der Waals surface area contributed by atoms with Gasteiger partial charge in [-0.1, -0.05) is 36.4 Å². The second-order valence-corrected chi connectivity index (χ2v) is 4.30. The molecule has 3 rings (SSSR count). The van der Waals surface area contributed by atoms with Crippen LogP contribution >= 0.6 is 0 Å². The Hall–Kier alpha value is -2.82. The van der Waals surface area contributed by atoms with Gasteiger partial charge in [0, 0.05) is 5.39 Å². The van der Waals surface area contributed by atoms with Crippen molar-refractivity contribution in [2.45, 2.75) is 6.92 Å². The van der Waals surface area contributed by atoms with Crippen molar-refractivity contribution in [1.82, 2.24) is 4.98 Å². The number of benzene rings is 2. The molecule has 0 saturated carbocycles. The molecule has 2 aromatic carbocycles. The monoisotopic (exact) mass is 283 g/mol. The lowest BCUT2D eigenvalue weighted by molar-refractivity contribution is 0.0519. The molecule has 5 nitrogen and oxygen atoms in total. The lowest BCUT2D eigenvalue weighted by Crippen LogP contribution is -2.04. The van der Waals surface area contributed by atoms with Crippen LogP contribution < -0.4 is 4.74 Å². The average molecular weight is 283 g/mol. The molecule has 0 aliphatic rings. The van der Waals surface area contributed by atoms with Crippen LogP contribution in [0.3, 0.4) is 0 Å². The van der Waals surface area contributed by atoms with Crippen molar-refractivity contribution >= 4 is 16.7 Å². The summed E-state index contributed by atoms with van der Waals surface area (Å²) in [6, 6.07) is 13.5. The van der Waals surface area contributed by atoms with Gasteiger partial charge in [-0.2, -0.15) is 4.98 Å². The summed E-state index contributed by atoms with van der Waals surface area (Å²) in [7, 11) is 0. The molecule has 1 heterocycles. The zero-order chi connectivity index (χ0) is 14.7. The molecular formula is C16H13NO4. The molecule has 0 fully saturated rings. The summed E-state index contributed by atoms with van der Waals surface area (Å²) >= 11 is 0. The normalized spacial score (nSPS) is 10.5. The number of hydrogen-bond acceptors (Lipinski definition) is 5. The van der Waals surface area contributed by atoms with Crippen LogP contribution in [0.2, 0.25) is 0 Å². The highest BCUT2D eigenvalue weighted by Gasteiger charge is 2.15. The largest absolute Gasteiger partial charge is 0.461 e. The Morgan fingerprint density at radius 1 is 1.19 bits per heavy atom. The van der Waals surface area contributed by atoms with E-state index in [9.17, 15) is 4.79 Å². The molecule has 0 saturated heterocycles. The van der Waals surface area contributed by atoms with Gasteiger partial charge in [0.05, 0.1) is 6.61 Å². The number of carbonyl (C=O) groups excluding carboxylic acids is 1. The maximum absolute atomic E-state index is 11.5. The van der Waals surface area contributed by atoms with Crippen molar-refractivity contribution in [2.75, 3.05) is 6.61 Å². The topological polar surface area (TPSA) is 61.6 Å². The van der Waals surface area contributed by atoms with E-state index in [1.165, 1.54) is 6.26 Å². The first-order chi connectivity index (χ1) is 10.3. The summed E-state index contributed by atoms with van der Waals surface area (Å²) in [5.41, 5.74) is 0.0899. The Bertz CT molecular complexity index is 773. The van der Waals surface area contributed by atoms with Gasteiger partial charge in [0.2, 0.25) is 0 Å². The van der Waals surface area contributed by atoms with E-state index in [2.05, 4.69) is 4.98 Å². The summed E-state index contributed by atoms with van der Waals surface area (Å²) in [4.78, 5) is 15.5. The van der Waals surface area contributed by atoms with E-state index in [1.807, 2.05) is 42.5 Å². The molecule has 0 unspecified atom stereocenters. The zero-order valence-electron chi connectivity index (χ0n) is 11.4. The zero-order valence-corrected chi connectivity index (χ0v) is 11.4. The molecule has 0 radical (unpaired) electrons. The lowest BCUT2D eigenvalue weighted by atomic mass is 10.1. The second kappa shape index (κ2) is 5.66. The number of oxazole rings is 1. The summed E-state index contributed by atoms with van der Waals surface area (Å²) < 4.78 is 15.6. The van der Waals surface area contributed by atoms with Crippen molar-refractivity contribution in [3.8, 4) is 11.8 Å². The van der Waals surface area contributed by atoms with E-state index in [0.29, 0.717) is 5.75 Å². The molecule has 0 bridgehead atoms.